The van der Waals surface area contributed by atoms with E-state index in [1.807, 2.05) is 4.90 Å². The molecule has 2 atom stereocenters. The summed E-state index contributed by atoms with van der Waals surface area (Å²) in [6, 6.07) is 0.711. The van der Waals surface area contributed by atoms with Crippen LogP contribution >= 0.6 is 0 Å². The average Bonchev–Trinajstić information content (AvgIpc) is 2.62. The molecule has 2 saturated carbocycles. The Morgan fingerprint density at radius 1 is 0.739 bits per heavy atom. The monoisotopic (exact) mass is 322 g/mol. The van der Waals surface area contributed by atoms with Crippen molar-refractivity contribution in [3.05, 3.63) is 0 Å². The minimum Gasteiger partial charge on any atom is -0.481 e. The Bertz CT molecular complexity index is 426. The van der Waals surface area contributed by atoms with Crippen molar-refractivity contribution in [3.8, 4) is 0 Å². The molecule has 0 bridgehead atoms. The fraction of sp³-hybridized carbons (Fsp3) is 0.889. The quantitative estimate of drug-likeness (QED) is 0.866. The van der Waals surface area contributed by atoms with E-state index in [0.717, 1.165) is 45.4 Å². The summed E-state index contributed by atoms with van der Waals surface area (Å²) in [5, 5.41) is 9.39. The third kappa shape index (κ3) is 3.87. The Hall–Kier alpha value is -1.10. The molecule has 0 aromatic carbocycles. The molecule has 3 aliphatic rings. The Labute approximate surface area is 139 Å². The zero-order valence-corrected chi connectivity index (χ0v) is 14.1. The van der Waals surface area contributed by atoms with Crippen molar-refractivity contribution in [2.45, 2.75) is 63.8 Å². The Morgan fingerprint density at radius 3 is 1.91 bits per heavy atom. The molecule has 5 nitrogen and oxygen atoms in total. The van der Waals surface area contributed by atoms with Crippen LogP contribution in [0.2, 0.25) is 0 Å². The fourth-order valence-electron chi connectivity index (χ4n) is 4.71. The van der Waals surface area contributed by atoms with Crippen LogP contribution < -0.4 is 0 Å². The number of amides is 1. The van der Waals surface area contributed by atoms with Gasteiger partial charge < -0.3 is 10.0 Å². The molecule has 5 heteroatoms. The Balaban J connectivity index is 1.54. The first-order chi connectivity index (χ1) is 11.2. The standard InChI is InChI=1S/C18H30N2O3/c21-17(15-8-4-5-9-16(15)18(22)23)20-12-10-19(11-13-20)14-6-2-1-3-7-14/h14-16H,1-13H2,(H,22,23). The van der Waals surface area contributed by atoms with E-state index in [-0.39, 0.29) is 11.8 Å². The van der Waals surface area contributed by atoms with Crippen LogP contribution in [0.15, 0.2) is 0 Å². The maximum atomic E-state index is 12.8. The number of hydrogen-bond donors (Lipinski definition) is 1. The van der Waals surface area contributed by atoms with Gasteiger partial charge in [0, 0.05) is 32.2 Å². The highest BCUT2D eigenvalue weighted by molar-refractivity contribution is 5.85. The number of piperazine rings is 1. The van der Waals surface area contributed by atoms with Gasteiger partial charge >= 0.3 is 5.97 Å². The molecule has 1 amide bonds. The van der Waals surface area contributed by atoms with Gasteiger partial charge in [-0.1, -0.05) is 32.1 Å². The van der Waals surface area contributed by atoms with Crippen molar-refractivity contribution in [3.63, 3.8) is 0 Å². The van der Waals surface area contributed by atoms with Crippen molar-refractivity contribution in [1.29, 1.82) is 0 Å². The summed E-state index contributed by atoms with van der Waals surface area (Å²) in [6.07, 6.45) is 9.99. The number of nitrogens with zero attached hydrogens (tertiary/aromatic N) is 2. The number of carboxylic acids is 1. The van der Waals surface area contributed by atoms with Crippen LogP contribution in [0.4, 0.5) is 0 Å². The van der Waals surface area contributed by atoms with Crippen molar-refractivity contribution < 1.29 is 14.7 Å². The van der Waals surface area contributed by atoms with Crippen LogP contribution in [0.3, 0.4) is 0 Å². The van der Waals surface area contributed by atoms with Gasteiger partial charge in [-0.2, -0.15) is 0 Å². The number of carbonyl (C=O) groups is 2. The van der Waals surface area contributed by atoms with Gasteiger partial charge in [-0.05, 0) is 25.7 Å². The van der Waals surface area contributed by atoms with E-state index in [1.54, 1.807) is 0 Å². The van der Waals surface area contributed by atoms with E-state index in [0.29, 0.717) is 12.5 Å². The Morgan fingerprint density at radius 2 is 1.30 bits per heavy atom. The van der Waals surface area contributed by atoms with Crippen LogP contribution in [0.5, 0.6) is 0 Å². The molecule has 23 heavy (non-hydrogen) atoms. The van der Waals surface area contributed by atoms with Crippen LogP contribution in [0.1, 0.15) is 57.8 Å². The first-order valence-electron chi connectivity index (χ1n) is 9.42. The second-order valence-corrected chi connectivity index (χ2v) is 7.49. The molecule has 0 aromatic heterocycles. The van der Waals surface area contributed by atoms with E-state index in [4.69, 9.17) is 0 Å². The minimum absolute atomic E-state index is 0.0976. The summed E-state index contributed by atoms with van der Waals surface area (Å²) in [5.74, 6) is -1.45. The second-order valence-electron chi connectivity index (χ2n) is 7.49. The highest BCUT2D eigenvalue weighted by atomic mass is 16.4. The maximum Gasteiger partial charge on any atom is 0.307 e. The van der Waals surface area contributed by atoms with Gasteiger partial charge in [0.15, 0.2) is 0 Å². The van der Waals surface area contributed by atoms with Crippen molar-refractivity contribution in [2.75, 3.05) is 26.2 Å². The number of aliphatic carboxylic acids is 1. The molecule has 2 unspecified atom stereocenters. The van der Waals surface area contributed by atoms with Gasteiger partial charge in [0.25, 0.3) is 0 Å². The second kappa shape index (κ2) is 7.65. The molecule has 1 heterocycles. The summed E-state index contributed by atoms with van der Waals surface area (Å²) in [7, 11) is 0. The Kier molecular flexibility index (Phi) is 5.57. The highest BCUT2D eigenvalue weighted by Gasteiger charge is 2.38. The van der Waals surface area contributed by atoms with Crippen LogP contribution in [0, 0.1) is 11.8 Å². The number of hydrogen-bond acceptors (Lipinski definition) is 3. The average molecular weight is 322 g/mol. The molecule has 3 rings (SSSR count). The van der Waals surface area contributed by atoms with Gasteiger partial charge in [-0.15, -0.1) is 0 Å². The summed E-state index contributed by atoms with van der Waals surface area (Å²) < 4.78 is 0. The van der Waals surface area contributed by atoms with Crippen LogP contribution in [-0.4, -0.2) is 59.0 Å². The summed E-state index contributed by atoms with van der Waals surface area (Å²) in [5.41, 5.74) is 0. The van der Waals surface area contributed by atoms with Gasteiger partial charge in [-0.25, -0.2) is 0 Å². The molecule has 1 N–H and O–H groups in total. The first kappa shape index (κ1) is 16.7. The summed E-state index contributed by atoms with van der Waals surface area (Å²) >= 11 is 0. The highest BCUT2D eigenvalue weighted by Crippen LogP contribution is 2.32. The maximum absolute atomic E-state index is 12.8. The molecule has 130 valence electrons. The van der Waals surface area contributed by atoms with E-state index in [2.05, 4.69) is 4.90 Å². The molecule has 2 aliphatic carbocycles. The first-order valence-corrected chi connectivity index (χ1v) is 9.42. The third-order valence-corrected chi connectivity index (χ3v) is 6.12. The molecule has 0 aromatic rings. The summed E-state index contributed by atoms with van der Waals surface area (Å²) in [6.45, 7) is 3.47. The van der Waals surface area contributed by atoms with E-state index in [1.165, 1.54) is 32.1 Å². The minimum atomic E-state index is -0.788. The lowest BCUT2D eigenvalue weighted by molar-refractivity contribution is -0.153. The molecule has 3 fully saturated rings. The summed E-state index contributed by atoms with van der Waals surface area (Å²) in [4.78, 5) is 28.7. The lowest BCUT2D eigenvalue weighted by Crippen LogP contribution is -2.54. The largest absolute Gasteiger partial charge is 0.481 e. The number of carbonyl (C=O) groups excluding carboxylic acids is 1. The smallest absolute Gasteiger partial charge is 0.307 e. The van der Waals surface area contributed by atoms with Gasteiger partial charge in [0.1, 0.15) is 0 Å². The van der Waals surface area contributed by atoms with E-state index < -0.39 is 11.9 Å². The van der Waals surface area contributed by atoms with Gasteiger partial charge in [0.2, 0.25) is 5.91 Å². The van der Waals surface area contributed by atoms with Crippen molar-refractivity contribution in [2.24, 2.45) is 11.8 Å². The molecule has 0 radical (unpaired) electrons. The molecular weight excluding hydrogens is 292 g/mol. The lowest BCUT2D eigenvalue weighted by Gasteiger charge is -2.42. The molecule has 0 spiro atoms. The van der Waals surface area contributed by atoms with Gasteiger partial charge in [-0.3, -0.25) is 14.5 Å². The fourth-order valence-corrected chi connectivity index (χ4v) is 4.71. The van der Waals surface area contributed by atoms with Crippen molar-refractivity contribution >= 4 is 11.9 Å². The molecule has 1 aliphatic heterocycles. The number of carboxylic acid groups (broad SMARTS) is 1. The third-order valence-electron chi connectivity index (χ3n) is 6.12. The normalized spacial score (nSPS) is 31.0. The predicted molar refractivity (Wildman–Crippen MR) is 88.1 cm³/mol. The zero-order valence-electron chi connectivity index (χ0n) is 14.1. The zero-order chi connectivity index (χ0) is 16.2. The topological polar surface area (TPSA) is 60.9 Å². The predicted octanol–water partition coefficient (Wildman–Crippen LogP) is 2.35. The van der Waals surface area contributed by atoms with Crippen LogP contribution in [0.25, 0.3) is 0 Å². The van der Waals surface area contributed by atoms with Gasteiger partial charge in [0.05, 0.1) is 11.8 Å². The lowest BCUT2D eigenvalue weighted by atomic mass is 9.78. The molecular formula is C18H30N2O3. The van der Waals surface area contributed by atoms with Crippen LogP contribution in [-0.2, 0) is 9.59 Å². The SMILES string of the molecule is O=C(O)C1CCCCC1C(=O)N1CCN(C2CCCCC2)CC1. The van der Waals surface area contributed by atoms with E-state index in [9.17, 15) is 14.7 Å². The van der Waals surface area contributed by atoms with E-state index >= 15 is 0 Å². The number of rotatable bonds is 3. The molecule has 1 saturated heterocycles. The van der Waals surface area contributed by atoms with Crippen molar-refractivity contribution in [1.82, 2.24) is 9.80 Å².